The van der Waals surface area contributed by atoms with Gasteiger partial charge in [-0.3, -0.25) is 4.79 Å². The molecule has 0 saturated carbocycles. The molecule has 1 atom stereocenters. The Bertz CT molecular complexity index is 1060. The van der Waals surface area contributed by atoms with Gasteiger partial charge in [-0.25, -0.2) is 18.7 Å². The molecule has 154 valence electrons. The third-order valence-electron chi connectivity index (χ3n) is 5.38. The lowest BCUT2D eigenvalue weighted by Gasteiger charge is -2.36. The Labute approximate surface area is 173 Å². The zero-order valence-corrected chi connectivity index (χ0v) is 16.4. The van der Waals surface area contributed by atoms with Crippen LogP contribution in [0, 0.1) is 11.6 Å². The summed E-state index contributed by atoms with van der Waals surface area (Å²) in [6.07, 6.45) is 4.32. The van der Waals surface area contributed by atoms with Gasteiger partial charge in [0.25, 0.3) is 0 Å². The number of nitrogens with two attached hydrogens (primary N) is 1. The molecule has 0 bridgehead atoms. The summed E-state index contributed by atoms with van der Waals surface area (Å²) < 4.78 is 27.0. The van der Waals surface area contributed by atoms with Gasteiger partial charge in [0.05, 0.1) is 18.2 Å². The van der Waals surface area contributed by atoms with E-state index in [1.54, 1.807) is 35.4 Å². The Hall–Kier alpha value is -3.35. The first-order valence-electron chi connectivity index (χ1n) is 9.93. The Morgan fingerprint density at radius 1 is 1.10 bits per heavy atom. The molecule has 1 amide bonds. The van der Waals surface area contributed by atoms with Gasteiger partial charge in [0.1, 0.15) is 11.6 Å². The van der Waals surface area contributed by atoms with Gasteiger partial charge >= 0.3 is 0 Å². The highest BCUT2D eigenvalue weighted by molar-refractivity contribution is 5.80. The highest BCUT2D eigenvalue weighted by atomic mass is 19.1. The summed E-state index contributed by atoms with van der Waals surface area (Å²) in [4.78, 5) is 23.5. The average Bonchev–Trinajstić information content (AvgIpc) is 2.75. The third-order valence-corrected chi connectivity index (χ3v) is 5.38. The normalized spacial score (nSPS) is 16.5. The number of halogens is 2. The first-order valence-corrected chi connectivity index (χ1v) is 9.93. The van der Waals surface area contributed by atoms with Crippen LogP contribution in [0.5, 0.6) is 0 Å². The van der Waals surface area contributed by atoms with E-state index in [0.717, 1.165) is 24.8 Å². The van der Waals surface area contributed by atoms with Gasteiger partial charge in [-0.1, -0.05) is 24.3 Å². The summed E-state index contributed by atoms with van der Waals surface area (Å²) >= 11 is 0. The van der Waals surface area contributed by atoms with Crippen molar-refractivity contribution in [3.8, 4) is 11.1 Å². The van der Waals surface area contributed by atoms with Crippen LogP contribution in [0.4, 0.5) is 14.7 Å². The fourth-order valence-corrected chi connectivity index (χ4v) is 3.93. The topological polar surface area (TPSA) is 72.1 Å². The molecule has 1 fully saturated rings. The first kappa shape index (κ1) is 19.9. The Morgan fingerprint density at radius 3 is 2.67 bits per heavy atom. The highest BCUT2D eigenvalue weighted by Gasteiger charge is 2.31. The summed E-state index contributed by atoms with van der Waals surface area (Å²) in [6, 6.07) is 11.9. The van der Waals surface area contributed by atoms with Crippen molar-refractivity contribution in [1.29, 1.82) is 0 Å². The lowest BCUT2D eigenvalue weighted by Crippen LogP contribution is -2.40. The number of rotatable bonds is 4. The molecule has 7 heteroatoms. The zero-order valence-electron chi connectivity index (χ0n) is 16.4. The SMILES string of the molecule is Nc1ncc(-c2cccc(F)c2)c(C2CCCCN2C(=O)Cc2ccc(F)cc2)n1. The van der Waals surface area contributed by atoms with Gasteiger partial charge in [-0.2, -0.15) is 0 Å². The van der Waals surface area contributed by atoms with Crippen molar-refractivity contribution < 1.29 is 13.6 Å². The molecular weight excluding hydrogens is 386 g/mol. The van der Waals surface area contributed by atoms with E-state index >= 15 is 0 Å². The predicted molar refractivity (Wildman–Crippen MR) is 110 cm³/mol. The van der Waals surface area contributed by atoms with Crippen LogP contribution in [0.1, 0.15) is 36.6 Å². The van der Waals surface area contributed by atoms with Crippen LogP contribution < -0.4 is 5.73 Å². The fraction of sp³-hybridized carbons (Fsp3) is 0.261. The van der Waals surface area contributed by atoms with Gasteiger partial charge in [-0.05, 0) is 54.7 Å². The maximum atomic E-state index is 13.8. The summed E-state index contributed by atoms with van der Waals surface area (Å²) in [7, 11) is 0. The smallest absolute Gasteiger partial charge is 0.227 e. The molecule has 3 aromatic rings. The van der Waals surface area contributed by atoms with Gasteiger partial charge in [-0.15, -0.1) is 0 Å². The number of hydrogen-bond donors (Lipinski definition) is 1. The molecule has 5 nitrogen and oxygen atoms in total. The Balaban J connectivity index is 1.68. The number of amides is 1. The van der Waals surface area contributed by atoms with E-state index in [1.807, 2.05) is 0 Å². The first-order chi connectivity index (χ1) is 14.5. The van der Waals surface area contributed by atoms with Crippen molar-refractivity contribution in [3.63, 3.8) is 0 Å². The van der Waals surface area contributed by atoms with E-state index in [9.17, 15) is 13.6 Å². The molecular formula is C23H22F2N4O. The van der Waals surface area contributed by atoms with E-state index in [0.29, 0.717) is 23.4 Å². The van der Waals surface area contributed by atoms with Crippen LogP contribution >= 0.6 is 0 Å². The maximum Gasteiger partial charge on any atom is 0.227 e. The highest BCUT2D eigenvalue weighted by Crippen LogP contribution is 2.36. The largest absolute Gasteiger partial charge is 0.368 e. The quantitative estimate of drug-likeness (QED) is 0.699. The molecule has 2 heterocycles. The van der Waals surface area contributed by atoms with Gasteiger partial charge in [0.15, 0.2) is 0 Å². The van der Waals surface area contributed by atoms with E-state index in [-0.39, 0.29) is 36.0 Å². The van der Waals surface area contributed by atoms with Crippen molar-refractivity contribution in [3.05, 3.63) is 77.6 Å². The lowest BCUT2D eigenvalue weighted by atomic mass is 9.93. The number of likely N-dealkylation sites (tertiary alicyclic amines) is 1. The van der Waals surface area contributed by atoms with Gasteiger partial charge in [0.2, 0.25) is 11.9 Å². The molecule has 1 saturated heterocycles. The third kappa shape index (κ3) is 4.30. The monoisotopic (exact) mass is 408 g/mol. The van der Waals surface area contributed by atoms with Crippen LogP contribution in [0.15, 0.2) is 54.7 Å². The summed E-state index contributed by atoms with van der Waals surface area (Å²) in [6.45, 7) is 0.594. The average molecular weight is 408 g/mol. The molecule has 2 N–H and O–H groups in total. The Kier molecular flexibility index (Phi) is 5.70. The lowest BCUT2D eigenvalue weighted by molar-refractivity contribution is -0.134. The minimum Gasteiger partial charge on any atom is -0.368 e. The van der Waals surface area contributed by atoms with Gasteiger partial charge < -0.3 is 10.6 Å². The second-order valence-corrected chi connectivity index (χ2v) is 7.44. The number of hydrogen-bond acceptors (Lipinski definition) is 4. The van der Waals surface area contributed by atoms with Crippen molar-refractivity contribution in [2.24, 2.45) is 0 Å². The summed E-state index contributed by atoms with van der Waals surface area (Å²) in [5.74, 6) is -0.642. The molecule has 0 spiro atoms. The van der Waals surface area contributed by atoms with Crippen LogP contribution in [-0.2, 0) is 11.2 Å². The summed E-state index contributed by atoms with van der Waals surface area (Å²) in [5.41, 5.74) is 8.54. The fourth-order valence-electron chi connectivity index (χ4n) is 3.93. The van der Waals surface area contributed by atoms with Crippen LogP contribution in [-0.4, -0.2) is 27.3 Å². The second kappa shape index (κ2) is 8.57. The molecule has 1 unspecified atom stereocenters. The van der Waals surface area contributed by atoms with E-state index in [4.69, 9.17) is 5.73 Å². The second-order valence-electron chi connectivity index (χ2n) is 7.44. The number of benzene rings is 2. The predicted octanol–water partition coefficient (Wildman–Crippen LogP) is 4.30. The molecule has 0 radical (unpaired) electrons. The molecule has 0 aliphatic carbocycles. The number of nitrogens with zero attached hydrogens (tertiary/aromatic N) is 3. The summed E-state index contributed by atoms with van der Waals surface area (Å²) in [5, 5.41) is 0. The van der Waals surface area contributed by atoms with Crippen molar-refractivity contribution >= 4 is 11.9 Å². The van der Waals surface area contributed by atoms with Crippen molar-refractivity contribution in [2.45, 2.75) is 31.7 Å². The van der Waals surface area contributed by atoms with Gasteiger partial charge in [0, 0.05) is 18.3 Å². The maximum absolute atomic E-state index is 13.8. The number of nitrogen functional groups attached to an aromatic ring is 1. The minimum absolute atomic E-state index is 0.0614. The van der Waals surface area contributed by atoms with Crippen LogP contribution in [0.2, 0.25) is 0 Å². The zero-order chi connectivity index (χ0) is 21.1. The number of carbonyl (C=O) groups excluding carboxylic acids is 1. The molecule has 4 rings (SSSR count). The number of piperidine rings is 1. The van der Waals surface area contributed by atoms with E-state index in [1.165, 1.54) is 24.3 Å². The van der Waals surface area contributed by atoms with E-state index in [2.05, 4.69) is 9.97 Å². The number of aromatic nitrogens is 2. The molecule has 1 aliphatic rings. The molecule has 1 aromatic heterocycles. The van der Waals surface area contributed by atoms with Crippen LogP contribution in [0.3, 0.4) is 0 Å². The van der Waals surface area contributed by atoms with Crippen molar-refractivity contribution in [2.75, 3.05) is 12.3 Å². The molecule has 30 heavy (non-hydrogen) atoms. The molecule has 2 aromatic carbocycles. The minimum atomic E-state index is -0.358. The molecule has 1 aliphatic heterocycles. The van der Waals surface area contributed by atoms with Crippen LogP contribution in [0.25, 0.3) is 11.1 Å². The Morgan fingerprint density at radius 2 is 1.90 bits per heavy atom. The van der Waals surface area contributed by atoms with Crippen molar-refractivity contribution in [1.82, 2.24) is 14.9 Å². The van der Waals surface area contributed by atoms with E-state index < -0.39 is 0 Å². The number of carbonyl (C=O) groups is 1. The standard InChI is InChI=1S/C23H22F2N4O/c24-17-9-7-15(8-10-17)12-21(30)29-11-2-1-6-20(29)22-19(14-27-23(26)28-22)16-4-3-5-18(25)13-16/h3-5,7-10,13-14,20H,1-2,6,11-12H2,(H2,26,27,28). The number of anilines is 1.